The largest absolute Gasteiger partial charge is 0.434 e. The number of cyclic esters (lactones) is 1. The lowest BCUT2D eigenvalue weighted by molar-refractivity contribution is -0.262. The molecule has 1 atom stereocenters. The van der Waals surface area contributed by atoms with Crippen LogP contribution in [0.15, 0.2) is 18.2 Å². The van der Waals surface area contributed by atoms with Gasteiger partial charge >= 0.3 is 12.3 Å². The summed E-state index contributed by atoms with van der Waals surface area (Å²) in [5.41, 5.74) is -3.37. The molecule has 0 saturated heterocycles. The summed E-state index contributed by atoms with van der Waals surface area (Å²) in [6.07, 6.45) is -4.21. The van der Waals surface area contributed by atoms with Gasteiger partial charge in [0, 0.05) is 17.0 Å². The molecule has 1 aromatic carbocycles. The molecule has 0 aromatic heterocycles. The summed E-state index contributed by atoms with van der Waals surface area (Å²) in [6, 6.07) is 3.71. The van der Waals surface area contributed by atoms with E-state index in [1.807, 2.05) is 0 Å². The minimum Gasteiger partial charge on any atom is -0.426 e. The normalized spacial score (nSPS) is 23.1. The Labute approximate surface area is 140 Å². The third-order valence-corrected chi connectivity index (χ3v) is 4.32. The summed E-state index contributed by atoms with van der Waals surface area (Å²) >= 11 is 5.81. The van der Waals surface area contributed by atoms with E-state index in [1.54, 1.807) is 0 Å². The molecule has 2 N–H and O–H groups in total. The van der Waals surface area contributed by atoms with Crippen LogP contribution in [0.2, 0.25) is 5.02 Å². The number of alkyl halides is 3. The summed E-state index contributed by atoms with van der Waals surface area (Å²) in [5, 5.41) is 4.52. The van der Waals surface area contributed by atoms with E-state index in [0.29, 0.717) is 0 Å². The van der Waals surface area contributed by atoms with Crippen molar-refractivity contribution in [2.45, 2.75) is 31.0 Å². The minimum absolute atomic E-state index is 0.0515. The molecule has 1 aliphatic heterocycles. The Bertz CT molecular complexity index is 691. The smallest absolute Gasteiger partial charge is 0.426 e. The Balaban J connectivity index is 1.95. The number of rotatable bonds is 4. The fourth-order valence-corrected chi connectivity index (χ4v) is 2.80. The summed E-state index contributed by atoms with van der Waals surface area (Å²) < 4.78 is 46.1. The van der Waals surface area contributed by atoms with Crippen molar-refractivity contribution >= 4 is 29.3 Å². The second-order valence-electron chi connectivity index (χ2n) is 5.95. The predicted octanol–water partition coefficient (Wildman–Crippen LogP) is 3.58. The Hall–Kier alpha value is -1.96. The SMILES string of the molecule is O=C(CC1CC1)NCC1(C(F)(F)F)OC(=O)Nc2ccc(Cl)cc21. The molecule has 3 rings (SSSR count). The first-order chi connectivity index (χ1) is 11.2. The van der Waals surface area contributed by atoms with Crippen LogP contribution in [0.3, 0.4) is 0 Å². The van der Waals surface area contributed by atoms with Crippen LogP contribution >= 0.6 is 11.6 Å². The average Bonchev–Trinajstić information content (AvgIpc) is 3.28. The number of anilines is 1. The molecular weight excluding hydrogens is 349 g/mol. The van der Waals surface area contributed by atoms with Crippen LogP contribution in [-0.4, -0.2) is 24.7 Å². The minimum atomic E-state index is -4.93. The zero-order valence-electron chi connectivity index (χ0n) is 12.4. The second kappa shape index (κ2) is 5.84. The average molecular weight is 363 g/mol. The van der Waals surface area contributed by atoms with Gasteiger partial charge in [0.15, 0.2) is 0 Å². The number of fused-ring (bicyclic) bond motifs is 1. The van der Waals surface area contributed by atoms with Crippen molar-refractivity contribution < 1.29 is 27.5 Å². The summed E-state index contributed by atoms with van der Waals surface area (Å²) in [5.74, 6) is -0.275. The van der Waals surface area contributed by atoms with Crippen molar-refractivity contribution in [3.8, 4) is 0 Å². The monoisotopic (exact) mass is 362 g/mol. The number of benzene rings is 1. The highest BCUT2D eigenvalue weighted by molar-refractivity contribution is 6.30. The molecule has 130 valence electrons. The molecule has 1 heterocycles. The summed E-state index contributed by atoms with van der Waals surface area (Å²) in [4.78, 5) is 23.4. The molecule has 2 amide bonds. The van der Waals surface area contributed by atoms with Gasteiger partial charge in [-0.25, -0.2) is 4.79 Å². The van der Waals surface area contributed by atoms with Gasteiger partial charge in [0.05, 0.1) is 12.2 Å². The fourth-order valence-electron chi connectivity index (χ4n) is 2.63. The zero-order chi connectivity index (χ0) is 17.5. The molecule has 9 heteroatoms. The maximum atomic E-state index is 13.8. The molecule has 0 bridgehead atoms. The van der Waals surface area contributed by atoms with Gasteiger partial charge in [-0.2, -0.15) is 13.2 Å². The van der Waals surface area contributed by atoms with E-state index in [9.17, 15) is 22.8 Å². The first kappa shape index (κ1) is 16.9. The molecule has 5 nitrogen and oxygen atoms in total. The van der Waals surface area contributed by atoms with Crippen LogP contribution in [-0.2, 0) is 15.1 Å². The molecule has 1 unspecified atom stereocenters. The Morgan fingerprint density at radius 3 is 2.75 bits per heavy atom. The number of amides is 2. The fraction of sp³-hybridized carbons (Fsp3) is 0.467. The third-order valence-electron chi connectivity index (χ3n) is 4.08. The standard InChI is InChI=1S/C15H14ClF3N2O3/c16-9-3-4-11-10(6-9)14(15(17,18)19,24-13(23)21-11)7-20-12(22)5-8-1-2-8/h3-4,6,8H,1-2,5,7H2,(H,20,22)(H,21,23). The molecule has 1 aromatic rings. The van der Waals surface area contributed by atoms with Gasteiger partial charge in [0.2, 0.25) is 5.91 Å². The number of nitrogens with one attached hydrogen (secondary N) is 2. The molecule has 0 spiro atoms. The number of hydrogen-bond acceptors (Lipinski definition) is 3. The third kappa shape index (κ3) is 3.15. The highest BCUT2D eigenvalue weighted by Gasteiger charge is 2.62. The lowest BCUT2D eigenvalue weighted by atomic mass is 9.89. The van der Waals surface area contributed by atoms with E-state index in [0.717, 1.165) is 18.9 Å². The predicted molar refractivity (Wildman–Crippen MR) is 79.6 cm³/mol. The Kier molecular flexibility index (Phi) is 4.11. The highest BCUT2D eigenvalue weighted by atomic mass is 35.5. The summed E-state index contributed by atoms with van der Waals surface area (Å²) in [7, 11) is 0. The van der Waals surface area contributed by atoms with Gasteiger partial charge in [-0.15, -0.1) is 0 Å². The maximum absolute atomic E-state index is 13.8. The van der Waals surface area contributed by atoms with Crippen molar-refractivity contribution in [1.82, 2.24) is 5.32 Å². The number of carbonyl (C=O) groups is 2. The van der Waals surface area contributed by atoms with E-state index in [4.69, 9.17) is 11.6 Å². The van der Waals surface area contributed by atoms with Crippen molar-refractivity contribution in [1.29, 1.82) is 0 Å². The molecule has 1 saturated carbocycles. The van der Waals surface area contributed by atoms with E-state index in [-0.39, 0.29) is 28.6 Å². The second-order valence-corrected chi connectivity index (χ2v) is 6.39. The lowest BCUT2D eigenvalue weighted by Gasteiger charge is -2.39. The van der Waals surface area contributed by atoms with E-state index < -0.39 is 30.3 Å². The zero-order valence-corrected chi connectivity index (χ0v) is 13.1. The first-order valence-corrected chi connectivity index (χ1v) is 7.72. The summed E-state index contributed by atoms with van der Waals surface area (Å²) in [6.45, 7) is -0.900. The van der Waals surface area contributed by atoms with E-state index in [2.05, 4.69) is 15.4 Å². The van der Waals surface area contributed by atoms with E-state index in [1.165, 1.54) is 12.1 Å². The van der Waals surface area contributed by atoms with Crippen LogP contribution in [0.1, 0.15) is 24.8 Å². The van der Waals surface area contributed by atoms with Crippen molar-refractivity contribution in [2.24, 2.45) is 5.92 Å². The lowest BCUT2D eigenvalue weighted by Crippen LogP contribution is -2.56. The number of halogens is 4. The van der Waals surface area contributed by atoms with Gasteiger partial charge in [0.1, 0.15) is 0 Å². The van der Waals surface area contributed by atoms with E-state index >= 15 is 0 Å². The van der Waals surface area contributed by atoms with Gasteiger partial charge in [-0.1, -0.05) is 11.6 Å². The van der Waals surface area contributed by atoms with Crippen LogP contribution in [0.4, 0.5) is 23.7 Å². The van der Waals surface area contributed by atoms with Crippen LogP contribution < -0.4 is 10.6 Å². The van der Waals surface area contributed by atoms with Gasteiger partial charge < -0.3 is 10.1 Å². The molecule has 1 aliphatic carbocycles. The van der Waals surface area contributed by atoms with Gasteiger partial charge in [0.25, 0.3) is 5.60 Å². The molecule has 0 radical (unpaired) electrons. The highest BCUT2D eigenvalue weighted by Crippen LogP contribution is 2.47. The molecule has 2 aliphatic rings. The van der Waals surface area contributed by atoms with Crippen LogP contribution in [0.25, 0.3) is 0 Å². The maximum Gasteiger partial charge on any atom is 0.434 e. The number of hydrogen-bond donors (Lipinski definition) is 2. The Morgan fingerprint density at radius 1 is 1.42 bits per heavy atom. The first-order valence-electron chi connectivity index (χ1n) is 7.35. The van der Waals surface area contributed by atoms with Crippen LogP contribution in [0.5, 0.6) is 0 Å². The molecular formula is C15H14ClF3N2O3. The van der Waals surface area contributed by atoms with Crippen LogP contribution in [0, 0.1) is 5.92 Å². The van der Waals surface area contributed by atoms with Crippen molar-refractivity contribution in [3.05, 3.63) is 28.8 Å². The molecule has 24 heavy (non-hydrogen) atoms. The quantitative estimate of drug-likeness (QED) is 0.860. The topological polar surface area (TPSA) is 67.4 Å². The van der Waals surface area contributed by atoms with Gasteiger partial charge in [-0.05, 0) is 37.0 Å². The van der Waals surface area contributed by atoms with Crippen molar-refractivity contribution in [3.63, 3.8) is 0 Å². The van der Waals surface area contributed by atoms with Crippen molar-refractivity contribution in [2.75, 3.05) is 11.9 Å². The Morgan fingerprint density at radius 2 is 2.12 bits per heavy atom. The number of ether oxygens (including phenoxy) is 1. The number of carbonyl (C=O) groups excluding carboxylic acids is 2. The van der Waals surface area contributed by atoms with Gasteiger partial charge in [-0.3, -0.25) is 10.1 Å². The molecule has 1 fully saturated rings.